The van der Waals surface area contributed by atoms with E-state index >= 15 is 0 Å². The predicted molar refractivity (Wildman–Crippen MR) is 158 cm³/mol. The van der Waals surface area contributed by atoms with Crippen molar-refractivity contribution < 1.29 is 27.4 Å². The number of anilines is 2. The molecule has 2 atom stereocenters. The highest BCUT2D eigenvalue weighted by Gasteiger charge is 2.30. The summed E-state index contributed by atoms with van der Waals surface area (Å²) in [5.74, 6) is -0.0585. The second kappa shape index (κ2) is 11.4. The van der Waals surface area contributed by atoms with Crippen molar-refractivity contribution in [3.63, 3.8) is 0 Å². The first kappa shape index (κ1) is 28.6. The highest BCUT2D eigenvalue weighted by molar-refractivity contribution is 6.20. The second-order valence-corrected chi connectivity index (χ2v) is 11.6. The van der Waals surface area contributed by atoms with Crippen molar-refractivity contribution in [3.8, 4) is 28.1 Å². The number of hydrogen-bond donors (Lipinski definition) is 1. The van der Waals surface area contributed by atoms with Crippen LogP contribution < -0.4 is 15.0 Å². The molecule has 1 amide bonds. The van der Waals surface area contributed by atoms with Gasteiger partial charge in [-0.3, -0.25) is 9.78 Å². The quantitative estimate of drug-likeness (QED) is 0.205. The van der Waals surface area contributed by atoms with Crippen LogP contribution in [0.2, 0.25) is 0 Å². The molecule has 228 valence electrons. The minimum absolute atomic E-state index is 0.0752. The molecule has 1 aromatic carbocycles. The third kappa shape index (κ3) is 5.83. The van der Waals surface area contributed by atoms with E-state index in [9.17, 15) is 18.0 Å². The fourth-order valence-electron chi connectivity index (χ4n) is 5.93. The number of aromatic nitrogens is 4. The highest BCUT2D eigenvalue weighted by atomic mass is 35.5. The summed E-state index contributed by atoms with van der Waals surface area (Å²) in [6.45, 7) is 1.42. The van der Waals surface area contributed by atoms with Crippen LogP contribution in [-0.2, 0) is 11.2 Å². The molecule has 3 aromatic heterocycles. The van der Waals surface area contributed by atoms with Crippen LogP contribution in [0.5, 0.6) is 5.75 Å². The third-order valence-electron chi connectivity index (χ3n) is 8.06. The maximum absolute atomic E-state index is 14.2. The smallest absolute Gasteiger partial charge is 0.420 e. The molecule has 1 unspecified atom stereocenters. The summed E-state index contributed by atoms with van der Waals surface area (Å²) in [4.78, 5) is 24.5. The van der Waals surface area contributed by atoms with Crippen LogP contribution in [0.3, 0.4) is 0 Å². The van der Waals surface area contributed by atoms with Gasteiger partial charge in [0, 0.05) is 77.7 Å². The molecular formula is C31H28ClF3N6O3. The number of benzene rings is 1. The molecule has 2 saturated heterocycles. The molecule has 3 aliphatic rings. The number of rotatable bonds is 7. The number of alkyl halides is 4. The molecule has 7 rings (SSSR count). The summed E-state index contributed by atoms with van der Waals surface area (Å²) in [5.41, 5.74) is 1.89. The van der Waals surface area contributed by atoms with Crippen LogP contribution in [0.4, 0.5) is 24.7 Å². The van der Waals surface area contributed by atoms with Gasteiger partial charge in [-0.25, -0.2) is 14.1 Å². The first-order chi connectivity index (χ1) is 21.2. The number of nitrogens with one attached hydrogen (secondary N) is 1. The molecule has 44 heavy (non-hydrogen) atoms. The molecule has 1 aliphatic carbocycles. The minimum Gasteiger partial charge on any atom is -0.420 e. The molecule has 0 radical (unpaired) electrons. The van der Waals surface area contributed by atoms with Crippen molar-refractivity contribution >= 4 is 29.0 Å². The lowest BCUT2D eigenvalue weighted by Crippen LogP contribution is -2.22. The Balaban J connectivity index is 1.19. The zero-order valence-electron chi connectivity index (χ0n) is 23.5. The molecule has 13 heteroatoms. The summed E-state index contributed by atoms with van der Waals surface area (Å²) in [6, 6.07) is 9.09. The first-order valence-corrected chi connectivity index (χ1v) is 14.8. The Morgan fingerprint density at radius 2 is 1.93 bits per heavy atom. The van der Waals surface area contributed by atoms with E-state index < -0.39 is 17.6 Å². The van der Waals surface area contributed by atoms with Crippen LogP contribution in [0.1, 0.15) is 53.5 Å². The SMILES string of the molecule is O=C(Nc1ccc(OC(F)(F)Cl)cc1)c1cnc(N2CC[C@H](F)C2)c(-c2cnc3c(c2)-c2nn(C4CCCCO4)cc2C3)c1. The van der Waals surface area contributed by atoms with Crippen LogP contribution in [-0.4, -0.2) is 57.1 Å². The van der Waals surface area contributed by atoms with E-state index in [-0.39, 0.29) is 24.1 Å². The topological polar surface area (TPSA) is 94.4 Å². The molecule has 9 nitrogen and oxygen atoms in total. The van der Waals surface area contributed by atoms with Gasteiger partial charge in [0.25, 0.3) is 5.91 Å². The van der Waals surface area contributed by atoms with Crippen LogP contribution in [0, 0.1) is 0 Å². The Kier molecular flexibility index (Phi) is 7.41. The van der Waals surface area contributed by atoms with Crippen LogP contribution >= 0.6 is 11.6 Å². The number of pyridine rings is 2. The van der Waals surface area contributed by atoms with E-state index in [4.69, 9.17) is 26.4 Å². The van der Waals surface area contributed by atoms with Gasteiger partial charge < -0.3 is 19.7 Å². The van der Waals surface area contributed by atoms with E-state index in [1.807, 2.05) is 21.8 Å². The molecule has 0 saturated carbocycles. The summed E-state index contributed by atoms with van der Waals surface area (Å²) in [7, 11) is 0. The first-order valence-electron chi connectivity index (χ1n) is 14.5. The van der Waals surface area contributed by atoms with E-state index in [1.165, 1.54) is 30.5 Å². The lowest BCUT2D eigenvalue weighted by Gasteiger charge is -2.22. The number of carbonyl (C=O) groups is 1. The van der Waals surface area contributed by atoms with Crippen molar-refractivity contribution in [3.05, 3.63) is 71.8 Å². The number of ether oxygens (including phenoxy) is 2. The molecule has 2 fully saturated rings. The zero-order chi connectivity index (χ0) is 30.4. The highest BCUT2D eigenvalue weighted by Crippen LogP contribution is 2.40. The zero-order valence-corrected chi connectivity index (χ0v) is 24.2. The van der Waals surface area contributed by atoms with Crippen molar-refractivity contribution in [2.24, 2.45) is 0 Å². The van der Waals surface area contributed by atoms with Gasteiger partial charge >= 0.3 is 5.57 Å². The standard InChI is InChI=1S/C31H28ClF3N6O3/c32-31(34,35)44-23-6-4-22(5-7-23)38-30(42)19-12-24(29(37-15-19)40-9-8-21(33)17-40)18-11-25-26(36-14-18)13-20-16-41(39-28(20)25)27-3-1-2-10-43-27/h4-7,11-12,14-16,21,27H,1-3,8-10,13,17H2,(H,38,42)/t21-,27?/m0/s1. The van der Waals surface area contributed by atoms with Gasteiger partial charge in [0.2, 0.25) is 0 Å². The van der Waals surface area contributed by atoms with Gasteiger partial charge in [-0.1, -0.05) is 0 Å². The molecular weight excluding hydrogens is 597 g/mol. The fraction of sp³-hybridized carbons (Fsp3) is 0.355. The lowest BCUT2D eigenvalue weighted by molar-refractivity contribution is -0.0964. The van der Waals surface area contributed by atoms with Gasteiger partial charge in [-0.15, -0.1) is 8.78 Å². The van der Waals surface area contributed by atoms with Crippen LogP contribution in [0.15, 0.2) is 55.0 Å². The summed E-state index contributed by atoms with van der Waals surface area (Å²) in [5, 5.41) is 7.62. The molecule has 2 aliphatic heterocycles. The Labute approximate surface area is 256 Å². The number of fused-ring (bicyclic) bond motifs is 3. The van der Waals surface area contributed by atoms with Gasteiger partial charge in [-0.2, -0.15) is 5.10 Å². The molecule has 1 N–H and O–H groups in total. The maximum Gasteiger partial charge on any atom is 0.487 e. The maximum atomic E-state index is 14.2. The van der Waals surface area contributed by atoms with Crippen molar-refractivity contribution in [1.29, 1.82) is 0 Å². The number of amides is 1. The third-order valence-corrected chi connectivity index (χ3v) is 8.13. The van der Waals surface area contributed by atoms with Crippen molar-refractivity contribution in [2.45, 2.75) is 50.1 Å². The van der Waals surface area contributed by atoms with E-state index in [2.05, 4.69) is 15.0 Å². The second-order valence-electron chi connectivity index (χ2n) is 11.2. The molecule has 5 heterocycles. The molecule has 4 aromatic rings. The van der Waals surface area contributed by atoms with Crippen molar-refractivity contribution in [2.75, 3.05) is 29.9 Å². The van der Waals surface area contributed by atoms with E-state index in [0.717, 1.165) is 53.9 Å². The average molecular weight is 625 g/mol. The van der Waals surface area contributed by atoms with Gasteiger partial charge in [0.15, 0.2) is 0 Å². The number of hydrogen-bond acceptors (Lipinski definition) is 7. The molecule has 0 spiro atoms. The minimum atomic E-state index is -3.84. The van der Waals surface area contributed by atoms with Gasteiger partial charge in [0.05, 0.1) is 23.5 Å². The Hall–Kier alpha value is -4.16. The normalized spacial score (nSPS) is 19.5. The molecule has 0 bridgehead atoms. The van der Waals surface area contributed by atoms with Crippen LogP contribution in [0.25, 0.3) is 22.4 Å². The predicted octanol–water partition coefficient (Wildman–Crippen LogP) is 6.58. The number of carbonyl (C=O) groups excluding carboxylic acids is 1. The Morgan fingerprint density at radius 3 is 2.66 bits per heavy atom. The fourth-order valence-corrected chi connectivity index (χ4v) is 6.02. The van der Waals surface area contributed by atoms with Crippen molar-refractivity contribution in [1.82, 2.24) is 19.7 Å². The number of halogens is 4. The summed E-state index contributed by atoms with van der Waals surface area (Å²) >= 11 is 4.82. The van der Waals surface area contributed by atoms with Gasteiger partial charge in [-0.05, 0) is 62.1 Å². The largest absolute Gasteiger partial charge is 0.487 e. The van der Waals surface area contributed by atoms with E-state index in [0.29, 0.717) is 36.5 Å². The van der Waals surface area contributed by atoms with Gasteiger partial charge in [0.1, 0.15) is 24.0 Å². The Morgan fingerprint density at radius 1 is 1.09 bits per heavy atom. The summed E-state index contributed by atoms with van der Waals surface area (Å²) < 4.78 is 52.3. The monoisotopic (exact) mass is 624 g/mol. The lowest BCUT2D eigenvalue weighted by atomic mass is 10.0. The average Bonchev–Trinajstić information content (AvgIpc) is 3.72. The number of nitrogens with zero attached hydrogens (tertiary/aromatic N) is 5. The van der Waals surface area contributed by atoms with E-state index in [1.54, 1.807) is 12.3 Å². The summed E-state index contributed by atoms with van der Waals surface area (Å²) in [6.07, 6.45) is 8.31. The Bertz CT molecular complexity index is 1700.